The molecule has 2 N–H and O–H groups in total. The van der Waals surface area contributed by atoms with E-state index < -0.39 is 12.0 Å². The van der Waals surface area contributed by atoms with Crippen LogP contribution in [0.25, 0.3) is 11.3 Å². The molecule has 0 aliphatic carbocycles. The van der Waals surface area contributed by atoms with E-state index in [1.807, 2.05) is 37.3 Å². The maximum Gasteiger partial charge on any atom is 0.326 e. The van der Waals surface area contributed by atoms with E-state index in [-0.39, 0.29) is 18.2 Å². The number of benzene rings is 1. The lowest BCUT2D eigenvalue weighted by atomic mass is 10.0. The lowest BCUT2D eigenvalue weighted by Gasteiger charge is -2.17. The van der Waals surface area contributed by atoms with Gasteiger partial charge in [-0.2, -0.15) is 0 Å². The van der Waals surface area contributed by atoms with Gasteiger partial charge in [-0.3, -0.25) is 4.79 Å². The average Bonchev–Trinajstić information content (AvgIpc) is 2.92. The Hall–Kier alpha value is -2.63. The van der Waals surface area contributed by atoms with E-state index in [1.54, 1.807) is 13.8 Å². The van der Waals surface area contributed by atoms with Gasteiger partial charge in [0, 0.05) is 18.4 Å². The summed E-state index contributed by atoms with van der Waals surface area (Å²) in [6.07, 6.45) is 0.453. The quantitative estimate of drug-likeness (QED) is 0.814. The molecule has 1 heterocycles. The molecule has 0 saturated carbocycles. The molecular weight excluding hydrogens is 308 g/mol. The molecule has 1 amide bonds. The average molecular weight is 330 g/mol. The number of carboxylic acid groups (broad SMARTS) is 1. The molecule has 0 saturated heterocycles. The molecule has 0 aliphatic rings. The first-order valence-corrected chi connectivity index (χ1v) is 7.92. The van der Waals surface area contributed by atoms with E-state index in [2.05, 4.69) is 10.3 Å². The van der Waals surface area contributed by atoms with Gasteiger partial charge >= 0.3 is 5.97 Å². The minimum atomic E-state index is -1.03. The highest BCUT2D eigenvalue weighted by atomic mass is 16.4. The Morgan fingerprint density at radius 3 is 2.50 bits per heavy atom. The van der Waals surface area contributed by atoms with Crippen molar-refractivity contribution in [3.8, 4) is 11.3 Å². The van der Waals surface area contributed by atoms with Crippen LogP contribution in [0.15, 0.2) is 34.7 Å². The summed E-state index contributed by atoms with van der Waals surface area (Å²) in [6, 6.07) is 8.75. The number of nitrogens with one attached hydrogen (secondary N) is 1. The van der Waals surface area contributed by atoms with Gasteiger partial charge in [0.05, 0.1) is 5.69 Å². The second kappa shape index (κ2) is 7.77. The standard InChI is InChI=1S/C18H22N2O4/c1-11(2)16(18(22)23)20-14(21)9-10-15-19-12(3)17(24-15)13-7-5-4-6-8-13/h4-8,11,16H,9-10H2,1-3H3,(H,20,21)(H,22,23)/t16-/m0/s1. The van der Waals surface area contributed by atoms with Gasteiger partial charge in [0.1, 0.15) is 6.04 Å². The van der Waals surface area contributed by atoms with Crippen LogP contribution in [0.4, 0.5) is 0 Å². The number of hydrogen-bond donors (Lipinski definition) is 2. The smallest absolute Gasteiger partial charge is 0.326 e. The number of aryl methyl sites for hydroxylation is 2. The van der Waals surface area contributed by atoms with E-state index in [4.69, 9.17) is 9.52 Å². The van der Waals surface area contributed by atoms with Gasteiger partial charge in [-0.15, -0.1) is 0 Å². The number of hydrogen-bond acceptors (Lipinski definition) is 4. The molecule has 6 heteroatoms. The molecule has 0 spiro atoms. The SMILES string of the molecule is Cc1nc(CCC(=O)N[C@H](C(=O)O)C(C)C)oc1-c1ccccc1. The van der Waals surface area contributed by atoms with Gasteiger partial charge < -0.3 is 14.8 Å². The van der Waals surface area contributed by atoms with Crippen molar-refractivity contribution < 1.29 is 19.1 Å². The normalized spacial score (nSPS) is 12.2. The minimum Gasteiger partial charge on any atom is -0.480 e. The van der Waals surface area contributed by atoms with Crippen molar-refractivity contribution in [1.29, 1.82) is 0 Å². The predicted octanol–water partition coefficient (Wildman–Crippen LogP) is 2.81. The summed E-state index contributed by atoms with van der Waals surface area (Å²) < 4.78 is 5.74. The molecule has 0 radical (unpaired) electrons. The number of nitrogens with zero attached hydrogens (tertiary/aromatic N) is 1. The molecule has 1 aromatic carbocycles. The van der Waals surface area contributed by atoms with Crippen molar-refractivity contribution in [2.24, 2.45) is 5.92 Å². The summed E-state index contributed by atoms with van der Waals surface area (Å²) in [7, 11) is 0. The van der Waals surface area contributed by atoms with E-state index >= 15 is 0 Å². The summed E-state index contributed by atoms with van der Waals surface area (Å²) in [4.78, 5) is 27.4. The van der Waals surface area contributed by atoms with Crippen LogP contribution in [0.2, 0.25) is 0 Å². The van der Waals surface area contributed by atoms with Crippen LogP contribution in [-0.2, 0) is 16.0 Å². The molecule has 0 bridgehead atoms. The highest BCUT2D eigenvalue weighted by Crippen LogP contribution is 2.24. The van der Waals surface area contributed by atoms with Crippen LogP contribution in [0, 0.1) is 12.8 Å². The van der Waals surface area contributed by atoms with E-state index in [0.717, 1.165) is 11.3 Å². The van der Waals surface area contributed by atoms with E-state index in [9.17, 15) is 9.59 Å². The Morgan fingerprint density at radius 2 is 1.92 bits per heavy atom. The third-order valence-corrected chi connectivity index (χ3v) is 3.69. The predicted molar refractivity (Wildman–Crippen MR) is 89.4 cm³/mol. The molecular formula is C18H22N2O4. The fourth-order valence-electron chi connectivity index (χ4n) is 2.40. The maximum absolute atomic E-state index is 12.0. The lowest BCUT2D eigenvalue weighted by molar-refractivity contribution is -0.143. The lowest BCUT2D eigenvalue weighted by Crippen LogP contribution is -2.44. The summed E-state index contributed by atoms with van der Waals surface area (Å²) in [6.45, 7) is 5.36. The zero-order valence-corrected chi connectivity index (χ0v) is 14.1. The highest BCUT2D eigenvalue weighted by Gasteiger charge is 2.23. The Morgan fingerprint density at radius 1 is 1.25 bits per heavy atom. The fraction of sp³-hybridized carbons (Fsp3) is 0.389. The van der Waals surface area contributed by atoms with E-state index in [1.165, 1.54) is 0 Å². The third kappa shape index (κ3) is 4.44. The van der Waals surface area contributed by atoms with Crippen molar-refractivity contribution in [1.82, 2.24) is 10.3 Å². The van der Waals surface area contributed by atoms with Gasteiger partial charge in [-0.1, -0.05) is 44.2 Å². The molecule has 24 heavy (non-hydrogen) atoms. The van der Waals surface area contributed by atoms with Crippen LogP contribution in [0.3, 0.4) is 0 Å². The largest absolute Gasteiger partial charge is 0.480 e. The number of rotatable bonds is 7. The number of aliphatic carboxylic acids is 1. The van der Waals surface area contributed by atoms with Crippen molar-refractivity contribution >= 4 is 11.9 Å². The molecule has 6 nitrogen and oxygen atoms in total. The van der Waals surface area contributed by atoms with Crippen molar-refractivity contribution in [3.63, 3.8) is 0 Å². The Kier molecular flexibility index (Phi) is 5.73. The van der Waals surface area contributed by atoms with Crippen LogP contribution in [0.1, 0.15) is 31.9 Å². The topological polar surface area (TPSA) is 92.4 Å². The van der Waals surface area contributed by atoms with E-state index in [0.29, 0.717) is 18.1 Å². The summed E-state index contributed by atoms with van der Waals surface area (Å²) >= 11 is 0. The molecule has 2 rings (SSSR count). The molecule has 1 atom stereocenters. The van der Waals surface area contributed by atoms with Gasteiger partial charge in [0.25, 0.3) is 0 Å². The van der Waals surface area contributed by atoms with Crippen molar-refractivity contribution in [2.75, 3.05) is 0 Å². The number of carbonyl (C=O) groups is 2. The molecule has 2 aromatic rings. The van der Waals surface area contributed by atoms with Crippen molar-refractivity contribution in [2.45, 2.75) is 39.7 Å². The van der Waals surface area contributed by atoms with Gasteiger partial charge in [-0.25, -0.2) is 9.78 Å². The number of aromatic nitrogens is 1. The second-order valence-electron chi connectivity index (χ2n) is 6.02. The number of carboxylic acids is 1. The highest BCUT2D eigenvalue weighted by molar-refractivity contribution is 5.83. The van der Waals surface area contributed by atoms with Crippen LogP contribution < -0.4 is 5.32 Å². The number of oxazole rings is 1. The Bertz CT molecular complexity index is 707. The molecule has 0 aliphatic heterocycles. The zero-order chi connectivity index (χ0) is 17.7. The molecule has 0 unspecified atom stereocenters. The number of carbonyl (C=O) groups excluding carboxylic acids is 1. The summed E-state index contributed by atoms with van der Waals surface area (Å²) in [5.41, 5.74) is 1.70. The Labute approximate surface area is 140 Å². The van der Waals surface area contributed by atoms with Crippen LogP contribution >= 0.6 is 0 Å². The summed E-state index contributed by atoms with van der Waals surface area (Å²) in [5, 5.41) is 11.6. The second-order valence-corrected chi connectivity index (χ2v) is 6.02. The first kappa shape index (κ1) is 17.7. The first-order valence-electron chi connectivity index (χ1n) is 7.92. The molecule has 0 fully saturated rings. The van der Waals surface area contributed by atoms with Gasteiger partial charge in [0.2, 0.25) is 5.91 Å². The first-order chi connectivity index (χ1) is 11.4. The van der Waals surface area contributed by atoms with Crippen molar-refractivity contribution in [3.05, 3.63) is 41.9 Å². The van der Waals surface area contributed by atoms with Crippen LogP contribution in [-0.4, -0.2) is 28.0 Å². The van der Waals surface area contributed by atoms with Crippen LogP contribution in [0.5, 0.6) is 0 Å². The third-order valence-electron chi connectivity index (χ3n) is 3.69. The summed E-state index contributed by atoms with van der Waals surface area (Å²) in [5.74, 6) is -0.375. The molecule has 128 valence electrons. The zero-order valence-electron chi connectivity index (χ0n) is 14.1. The Balaban J connectivity index is 1.98. The minimum absolute atomic E-state index is 0.130. The fourth-order valence-corrected chi connectivity index (χ4v) is 2.40. The maximum atomic E-state index is 12.0. The monoisotopic (exact) mass is 330 g/mol. The number of amides is 1. The van der Waals surface area contributed by atoms with Gasteiger partial charge in [0.15, 0.2) is 11.7 Å². The molecule has 1 aromatic heterocycles. The van der Waals surface area contributed by atoms with Gasteiger partial charge in [-0.05, 0) is 12.8 Å².